The van der Waals surface area contributed by atoms with E-state index in [-0.39, 0.29) is 6.10 Å². The summed E-state index contributed by atoms with van der Waals surface area (Å²) in [6, 6.07) is 9.73. The standard InChI is InChI=1S/C13H18O3/c1-10(13(2,3)12(14)15)16-9-11-7-5-4-6-8-11/h4-8,10H,9H2,1-3H3,(H,14,15). The van der Waals surface area contributed by atoms with Gasteiger partial charge in [0, 0.05) is 0 Å². The Morgan fingerprint density at radius 1 is 1.38 bits per heavy atom. The minimum Gasteiger partial charge on any atom is -0.481 e. The third kappa shape index (κ3) is 3.07. The molecule has 0 heterocycles. The minimum atomic E-state index is -0.866. The zero-order valence-corrected chi connectivity index (χ0v) is 9.93. The molecule has 0 aliphatic carbocycles. The molecule has 0 saturated heterocycles. The van der Waals surface area contributed by atoms with E-state index >= 15 is 0 Å². The first-order valence-electron chi connectivity index (χ1n) is 5.33. The smallest absolute Gasteiger partial charge is 0.311 e. The van der Waals surface area contributed by atoms with E-state index in [0.29, 0.717) is 6.61 Å². The fourth-order valence-electron chi connectivity index (χ4n) is 1.18. The van der Waals surface area contributed by atoms with Gasteiger partial charge in [-0.05, 0) is 26.3 Å². The Kier molecular flexibility index (Phi) is 4.07. The molecule has 3 nitrogen and oxygen atoms in total. The minimum absolute atomic E-state index is 0.329. The number of benzene rings is 1. The quantitative estimate of drug-likeness (QED) is 0.833. The van der Waals surface area contributed by atoms with Crippen LogP contribution in [0.2, 0.25) is 0 Å². The highest BCUT2D eigenvalue weighted by Gasteiger charge is 2.34. The molecule has 0 aliphatic heterocycles. The summed E-state index contributed by atoms with van der Waals surface area (Å²) in [7, 11) is 0. The lowest BCUT2D eigenvalue weighted by molar-refractivity contribution is -0.156. The predicted molar refractivity (Wildman–Crippen MR) is 62.1 cm³/mol. The van der Waals surface area contributed by atoms with Crippen LogP contribution in [-0.4, -0.2) is 17.2 Å². The molecular formula is C13H18O3. The Labute approximate surface area is 96.1 Å². The predicted octanol–water partition coefficient (Wildman–Crippen LogP) is 2.70. The van der Waals surface area contributed by atoms with Crippen LogP contribution in [0, 0.1) is 5.41 Å². The second-order valence-corrected chi connectivity index (χ2v) is 4.47. The fourth-order valence-corrected chi connectivity index (χ4v) is 1.18. The van der Waals surface area contributed by atoms with Gasteiger partial charge in [-0.1, -0.05) is 30.3 Å². The first kappa shape index (κ1) is 12.7. The highest BCUT2D eigenvalue weighted by Crippen LogP contribution is 2.24. The lowest BCUT2D eigenvalue weighted by Gasteiger charge is -2.27. The Bertz CT molecular complexity index is 343. The molecule has 16 heavy (non-hydrogen) atoms. The molecule has 3 heteroatoms. The van der Waals surface area contributed by atoms with Crippen LogP contribution < -0.4 is 0 Å². The Morgan fingerprint density at radius 2 is 1.94 bits per heavy atom. The van der Waals surface area contributed by atoms with Gasteiger partial charge in [-0.25, -0.2) is 0 Å². The van der Waals surface area contributed by atoms with E-state index in [0.717, 1.165) is 5.56 Å². The van der Waals surface area contributed by atoms with Crippen LogP contribution in [0.4, 0.5) is 0 Å². The second-order valence-electron chi connectivity index (χ2n) is 4.47. The normalized spacial score (nSPS) is 13.4. The van der Waals surface area contributed by atoms with Crippen LogP contribution in [0.25, 0.3) is 0 Å². The number of carbonyl (C=O) groups is 1. The molecule has 1 unspecified atom stereocenters. The molecule has 0 amide bonds. The molecule has 1 atom stereocenters. The monoisotopic (exact) mass is 222 g/mol. The number of rotatable bonds is 5. The molecule has 0 saturated carbocycles. The molecule has 88 valence electrons. The van der Waals surface area contributed by atoms with Gasteiger partial charge in [-0.3, -0.25) is 4.79 Å². The van der Waals surface area contributed by atoms with Crippen LogP contribution in [0.15, 0.2) is 30.3 Å². The molecule has 0 spiro atoms. The number of aliphatic carboxylic acids is 1. The van der Waals surface area contributed by atoms with Gasteiger partial charge < -0.3 is 9.84 Å². The van der Waals surface area contributed by atoms with Crippen molar-refractivity contribution in [1.29, 1.82) is 0 Å². The topological polar surface area (TPSA) is 46.5 Å². The van der Waals surface area contributed by atoms with Crippen molar-refractivity contribution < 1.29 is 14.6 Å². The highest BCUT2D eigenvalue weighted by atomic mass is 16.5. The largest absolute Gasteiger partial charge is 0.481 e. The van der Waals surface area contributed by atoms with Crippen LogP contribution >= 0.6 is 0 Å². The number of carboxylic acids is 1. The summed E-state index contributed by atoms with van der Waals surface area (Å²) in [6.07, 6.45) is -0.329. The van der Waals surface area contributed by atoms with Gasteiger partial charge in [-0.15, -0.1) is 0 Å². The molecule has 1 rings (SSSR count). The lowest BCUT2D eigenvalue weighted by atomic mass is 9.87. The van der Waals surface area contributed by atoms with Crippen molar-refractivity contribution in [2.75, 3.05) is 0 Å². The summed E-state index contributed by atoms with van der Waals surface area (Å²) in [5.74, 6) is -0.840. The summed E-state index contributed by atoms with van der Waals surface area (Å²) >= 11 is 0. The van der Waals surface area contributed by atoms with E-state index in [4.69, 9.17) is 9.84 Å². The zero-order valence-electron chi connectivity index (χ0n) is 9.93. The second kappa shape index (κ2) is 5.12. The fraction of sp³-hybridized carbons (Fsp3) is 0.462. The molecule has 0 aliphatic rings. The number of ether oxygens (including phenoxy) is 1. The van der Waals surface area contributed by atoms with Gasteiger partial charge in [0.1, 0.15) is 0 Å². The number of hydrogen-bond acceptors (Lipinski definition) is 2. The maximum atomic E-state index is 11.0. The summed E-state index contributed by atoms with van der Waals surface area (Å²) in [4.78, 5) is 11.0. The van der Waals surface area contributed by atoms with Gasteiger partial charge in [0.25, 0.3) is 0 Å². The molecule has 0 aromatic heterocycles. The van der Waals surface area contributed by atoms with E-state index < -0.39 is 11.4 Å². The molecule has 0 fully saturated rings. The summed E-state index contributed by atoms with van der Waals surface area (Å²) in [6.45, 7) is 5.58. The zero-order chi connectivity index (χ0) is 12.2. The Balaban J connectivity index is 2.53. The van der Waals surface area contributed by atoms with Crippen molar-refractivity contribution >= 4 is 5.97 Å². The number of carboxylic acid groups (broad SMARTS) is 1. The average Bonchev–Trinajstić information content (AvgIpc) is 2.27. The maximum Gasteiger partial charge on any atom is 0.311 e. The van der Waals surface area contributed by atoms with E-state index in [2.05, 4.69) is 0 Å². The van der Waals surface area contributed by atoms with Crippen molar-refractivity contribution in [3.8, 4) is 0 Å². The summed E-state index contributed by atoms with van der Waals surface area (Å²) in [5, 5.41) is 9.03. The van der Waals surface area contributed by atoms with Crippen LogP contribution in [-0.2, 0) is 16.1 Å². The van der Waals surface area contributed by atoms with Crippen LogP contribution in [0.1, 0.15) is 26.3 Å². The van der Waals surface area contributed by atoms with Crippen LogP contribution in [0.5, 0.6) is 0 Å². The van der Waals surface area contributed by atoms with Gasteiger partial charge >= 0.3 is 5.97 Å². The van der Waals surface area contributed by atoms with Crippen LogP contribution in [0.3, 0.4) is 0 Å². The van der Waals surface area contributed by atoms with E-state index in [1.807, 2.05) is 30.3 Å². The molecule has 0 radical (unpaired) electrons. The van der Waals surface area contributed by atoms with Gasteiger partial charge in [0.15, 0.2) is 0 Å². The van der Waals surface area contributed by atoms with Crippen molar-refractivity contribution in [3.05, 3.63) is 35.9 Å². The van der Waals surface area contributed by atoms with Crippen molar-refractivity contribution in [2.24, 2.45) is 5.41 Å². The molecule has 1 N–H and O–H groups in total. The van der Waals surface area contributed by atoms with E-state index in [1.165, 1.54) is 0 Å². The van der Waals surface area contributed by atoms with Gasteiger partial charge in [0.2, 0.25) is 0 Å². The van der Waals surface area contributed by atoms with Crippen molar-refractivity contribution in [3.63, 3.8) is 0 Å². The third-order valence-electron chi connectivity index (χ3n) is 2.91. The maximum absolute atomic E-state index is 11.0. The third-order valence-corrected chi connectivity index (χ3v) is 2.91. The van der Waals surface area contributed by atoms with Gasteiger partial charge in [0.05, 0.1) is 18.1 Å². The molecule has 1 aromatic rings. The van der Waals surface area contributed by atoms with E-state index in [1.54, 1.807) is 20.8 Å². The molecular weight excluding hydrogens is 204 g/mol. The van der Waals surface area contributed by atoms with E-state index in [9.17, 15) is 4.79 Å². The average molecular weight is 222 g/mol. The van der Waals surface area contributed by atoms with Crippen molar-refractivity contribution in [2.45, 2.75) is 33.5 Å². The molecule has 0 bridgehead atoms. The number of hydrogen-bond donors (Lipinski definition) is 1. The van der Waals surface area contributed by atoms with Crippen molar-refractivity contribution in [1.82, 2.24) is 0 Å². The summed E-state index contributed by atoms with van der Waals surface area (Å²) in [5.41, 5.74) is 0.185. The first-order valence-corrected chi connectivity index (χ1v) is 5.33. The van der Waals surface area contributed by atoms with Gasteiger partial charge in [-0.2, -0.15) is 0 Å². The Morgan fingerprint density at radius 3 is 2.44 bits per heavy atom. The molecule has 1 aromatic carbocycles. The lowest BCUT2D eigenvalue weighted by Crippen LogP contribution is -2.36. The first-order chi connectivity index (χ1) is 7.44. The SMILES string of the molecule is CC(OCc1ccccc1)C(C)(C)C(=O)O. The highest BCUT2D eigenvalue weighted by molar-refractivity contribution is 5.74. The Hall–Kier alpha value is -1.35. The summed E-state index contributed by atoms with van der Waals surface area (Å²) < 4.78 is 5.57.